The Labute approximate surface area is 217 Å². The summed E-state index contributed by atoms with van der Waals surface area (Å²) in [6.07, 6.45) is 2.72. The van der Waals surface area contributed by atoms with Crippen molar-refractivity contribution in [3.05, 3.63) is 35.0 Å². The van der Waals surface area contributed by atoms with E-state index in [1.165, 1.54) is 30.6 Å². The molecule has 2 aliphatic heterocycles. The molecule has 1 saturated carbocycles. The first-order valence-electron chi connectivity index (χ1n) is 12.1. The van der Waals surface area contributed by atoms with Crippen LogP contribution in [0, 0.1) is 34.0 Å². The lowest BCUT2D eigenvalue weighted by molar-refractivity contribution is -0.118. The van der Waals surface area contributed by atoms with Crippen molar-refractivity contribution >= 4 is 46.3 Å². The predicted molar refractivity (Wildman–Crippen MR) is 135 cm³/mol. The first-order valence-corrected chi connectivity index (χ1v) is 12.4. The zero-order valence-electron chi connectivity index (χ0n) is 20.1. The summed E-state index contributed by atoms with van der Waals surface area (Å²) in [5, 5.41) is 25.3. The average molecular weight is 534 g/mol. The molecule has 8 nitrogen and oxygen atoms in total. The Balaban J connectivity index is 0.000000188. The van der Waals surface area contributed by atoms with Crippen molar-refractivity contribution in [2.75, 3.05) is 37.6 Å². The Morgan fingerprint density at radius 2 is 1.95 bits per heavy atom. The van der Waals surface area contributed by atoms with Gasteiger partial charge in [-0.1, -0.05) is 11.6 Å². The molecule has 2 N–H and O–H groups in total. The molecule has 0 bridgehead atoms. The summed E-state index contributed by atoms with van der Waals surface area (Å²) < 4.78 is 36.4. The maximum atomic E-state index is 12.1. The van der Waals surface area contributed by atoms with Crippen LogP contribution >= 0.6 is 11.6 Å². The number of rotatable bonds is 3. The van der Waals surface area contributed by atoms with Crippen LogP contribution in [0.4, 0.5) is 18.9 Å². The number of carbonyl (C=O) groups excluding carboxylic acids is 1. The highest BCUT2D eigenvalue weighted by Gasteiger charge is 2.41. The SMILES string of the molecule is N#Cc1cnc2ccc(Cl)cc2c1N1CCCC(C2CC2)C1.N=C1CN(C=O)CCN1C(=N)C(F)(F)F. The van der Waals surface area contributed by atoms with E-state index in [-0.39, 0.29) is 19.6 Å². The normalized spacial score (nSPS) is 20.2. The molecule has 1 aromatic carbocycles. The quantitative estimate of drug-likeness (QED) is 0.338. The van der Waals surface area contributed by atoms with Gasteiger partial charge in [-0.2, -0.15) is 18.4 Å². The van der Waals surface area contributed by atoms with Crippen LogP contribution in [-0.4, -0.2) is 71.8 Å². The number of carbonyl (C=O) groups is 1. The number of aromatic nitrogens is 1. The Bertz CT molecular complexity index is 1240. The first-order chi connectivity index (χ1) is 17.6. The van der Waals surface area contributed by atoms with E-state index in [0.29, 0.717) is 21.9 Å². The largest absolute Gasteiger partial charge is 0.449 e. The van der Waals surface area contributed by atoms with Gasteiger partial charge in [-0.05, 0) is 55.7 Å². The number of nitrogens with zero attached hydrogens (tertiary/aromatic N) is 5. The number of nitriles is 1. The Kier molecular flexibility index (Phi) is 7.87. The monoisotopic (exact) mass is 533 g/mol. The molecule has 1 unspecified atom stereocenters. The average Bonchev–Trinajstić information content (AvgIpc) is 3.73. The van der Waals surface area contributed by atoms with E-state index >= 15 is 0 Å². The highest BCUT2D eigenvalue weighted by Crippen LogP contribution is 2.43. The standard InChI is InChI=1S/C18H18ClN3.C7H9F3N4O/c19-15-5-6-17-16(8-15)18(14(9-20)10-21-17)22-7-1-2-13(11-22)12-3-4-12;8-7(9,10)6(12)14-2-1-13(4-15)3-5(14)11/h5-6,8,10,12-13H,1-4,7,11H2;4,11-12H,1-3H2. The number of amidine groups is 2. The molecule has 3 heterocycles. The Hall–Kier alpha value is -3.39. The zero-order valence-corrected chi connectivity index (χ0v) is 20.8. The zero-order chi connectivity index (χ0) is 26.7. The van der Waals surface area contributed by atoms with E-state index in [4.69, 9.17) is 22.4 Å². The van der Waals surface area contributed by atoms with Crippen LogP contribution in [0.3, 0.4) is 0 Å². The van der Waals surface area contributed by atoms with Crippen molar-refractivity contribution in [3.8, 4) is 6.07 Å². The molecule has 1 atom stereocenters. The fraction of sp³-hybridized carbons (Fsp3) is 0.480. The molecule has 196 valence electrons. The van der Waals surface area contributed by atoms with Crippen LogP contribution in [-0.2, 0) is 4.79 Å². The van der Waals surface area contributed by atoms with Gasteiger partial charge in [-0.3, -0.25) is 20.6 Å². The summed E-state index contributed by atoms with van der Waals surface area (Å²) in [6.45, 7) is 1.80. The highest BCUT2D eigenvalue weighted by atomic mass is 35.5. The number of anilines is 1. The smallest absolute Gasteiger partial charge is 0.370 e. The van der Waals surface area contributed by atoms with Gasteiger partial charge in [0, 0.05) is 42.8 Å². The first kappa shape index (κ1) is 26.7. The van der Waals surface area contributed by atoms with Gasteiger partial charge in [0.15, 0.2) is 0 Å². The van der Waals surface area contributed by atoms with E-state index in [0.717, 1.165) is 41.5 Å². The van der Waals surface area contributed by atoms with E-state index in [1.807, 2.05) is 18.2 Å². The number of piperidine rings is 1. The number of fused-ring (bicyclic) bond motifs is 1. The molecular formula is C25H27ClF3N7O. The molecule has 5 rings (SSSR count). The van der Waals surface area contributed by atoms with Crippen LogP contribution in [0.1, 0.15) is 31.2 Å². The van der Waals surface area contributed by atoms with Crippen molar-refractivity contribution < 1.29 is 18.0 Å². The van der Waals surface area contributed by atoms with Crippen molar-refractivity contribution in [2.24, 2.45) is 11.8 Å². The molecule has 0 spiro atoms. The molecule has 3 fully saturated rings. The second kappa shape index (κ2) is 10.9. The Morgan fingerprint density at radius 3 is 2.57 bits per heavy atom. The van der Waals surface area contributed by atoms with E-state index < -0.39 is 17.8 Å². The molecule has 12 heteroatoms. The molecular weight excluding hydrogens is 507 g/mol. The van der Waals surface area contributed by atoms with E-state index in [1.54, 1.807) is 6.20 Å². The Morgan fingerprint density at radius 1 is 1.19 bits per heavy atom. The van der Waals surface area contributed by atoms with Gasteiger partial charge in [0.1, 0.15) is 11.9 Å². The minimum atomic E-state index is -4.75. The van der Waals surface area contributed by atoms with Crippen LogP contribution < -0.4 is 4.90 Å². The summed E-state index contributed by atoms with van der Waals surface area (Å²) >= 11 is 6.19. The van der Waals surface area contributed by atoms with Crippen LogP contribution in [0.5, 0.6) is 0 Å². The number of amides is 1. The second-order valence-corrected chi connectivity index (χ2v) is 9.94. The topological polar surface area (TPSA) is 111 Å². The van der Waals surface area contributed by atoms with Crippen LogP contribution in [0.2, 0.25) is 5.02 Å². The maximum absolute atomic E-state index is 12.1. The van der Waals surface area contributed by atoms with Gasteiger partial charge < -0.3 is 14.7 Å². The van der Waals surface area contributed by atoms with Crippen molar-refractivity contribution in [1.29, 1.82) is 16.1 Å². The van der Waals surface area contributed by atoms with E-state index in [2.05, 4.69) is 16.0 Å². The molecule has 1 amide bonds. The third kappa shape index (κ3) is 6.13. The number of pyridine rings is 1. The van der Waals surface area contributed by atoms with Crippen molar-refractivity contribution in [3.63, 3.8) is 0 Å². The lowest BCUT2D eigenvalue weighted by Crippen LogP contribution is -2.54. The summed E-state index contributed by atoms with van der Waals surface area (Å²) in [5.74, 6) is -0.263. The van der Waals surface area contributed by atoms with Gasteiger partial charge in [0.25, 0.3) is 0 Å². The lowest BCUT2D eigenvalue weighted by atomic mass is 9.92. The number of halogens is 4. The molecule has 2 aromatic rings. The molecule has 0 radical (unpaired) electrons. The summed E-state index contributed by atoms with van der Waals surface area (Å²) in [5.41, 5.74) is 2.60. The van der Waals surface area contributed by atoms with Gasteiger partial charge >= 0.3 is 6.18 Å². The number of nitrogens with one attached hydrogen (secondary N) is 2. The van der Waals surface area contributed by atoms with Crippen molar-refractivity contribution in [2.45, 2.75) is 31.9 Å². The number of hydrogen-bond acceptors (Lipinski definition) is 6. The molecule has 1 aromatic heterocycles. The molecule has 2 saturated heterocycles. The molecule has 3 aliphatic rings. The van der Waals surface area contributed by atoms with Gasteiger partial charge in [0.2, 0.25) is 12.2 Å². The minimum Gasteiger partial charge on any atom is -0.370 e. The van der Waals surface area contributed by atoms with Gasteiger partial charge in [-0.15, -0.1) is 0 Å². The number of hydrogen-bond donors (Lipinski definition) is 2. The second-order valence-electron chi connectivity index (χ2n) is 9.50. The van der Waals surface area contributed by atoms with Crippen molar-refractivity contribution in [1.82, 2.24) is 14.8 Å². The molecule has 37 heavy (non-hydrogen) atoms. The number of benzene rings is 1. The third-order valence-electron chi connectivity index (χ3n) is 6.96. The lowest BCUT2D eigenvalue weighted by Gasteiger charge is -2.35. The molecule has 1 aliphatic carbocycles. The van der Waals surface area contributed by atoms with Crippen LogP contribution in [0.25, 0.3) is 10.9 Å². The fourth-order valence-corrected chi connectivity index (χ4v) is 5.12. The summed E-state index contributed by atoms with van der Waals surface area (Å²) in [6, 6.07) is 8.05. The minimum absolute atomic E-state index is 0.0876. The predicted octanol–water partition coefficient (Wildman–Crippen LogP) is 4.66. The number of alkyl halides is 3. The summed E-state index contributed by atoms with van der Waals surface area (Å²) in [7, 11) is 0. The maximum Gasteiger partial charge on any atom is 0.449 e. The van der Waals surface area contributed by atoms with Gasteiger partial charge in [-0.25, -0.2) is 0 Å². The third-order valence-corrected chi connectivity index (χ3v) is 7.20. The highest BCUT2D eigenvalue weighted by molar-refractivity contribution is 6.31. The van der Waals surface area contributed by atoms with Gasteiger partial charge in [0.05, 0.1) is 23.3 Å². The van der Waals surface area contributed by atoms with E-state index in [9.17, 15) is 23.2 Å². The van der Waals surface area contributed by atoms with Crippen LogP contribution in [0.15, 0.2) is 24.4 Å². The summed E-state index contributed by atoms with van der Waals surface area (Å²) in [4.78, 5) is 18.9. The fourth-order valence-electron chi connectivity index (χ4n) is 4.95. The number of piperazine rings is 1.